The van der Waals surface area contributed by atoms with Gasteiger partial charge >= 0.3 is 6.18 Å². The predicted octanol–water partition coefficient (Wildman–Crippen LogP) is 3.44. The lowest BCUT2D eigenvalue weighted by molar-refractivity contribution is -0.137. The van der Waals surface area contributed by atoms with E-state index in [1.807, 2.05) is 0 Å². The molecule has 150 valence electrons. The molecule has 0 aliphatic rings. The van der Waals surface area contributed by atoms with Crippen LogP contribution in [-0.4, -0.2) is 32.8 Å². The molecule has 0 fully saturated rings. The monoisotopic (exact) mass is 412 g/mol. The van der Waals surface area contributed by atoms with E-state index in [9.17, 15) is 26.4 Å². The van der Waals surface area contributed by atoms with Gasteiger partial charge in [-0.2, -0.15) is 13.2 Å². The number of nitrogens with one attached hydrogen (secondary N) is 1. The Hall–Kier alpha value is -2.65. The minimum Gasteiger partial charge on any atom is -0.337 e. The number of amides is 1. The van der Waals surface area contributed by atoms with Gasteiger partial charge in [0.1, 0.15) is 0 Å². The number of rotatable bonds is 7. The van der Waals surface area contributed by atoms with Crippen LogP contribution in [0.1, 0.15) is 21.5 Å². The molecule has 0 aliphatic heterocycles. The largest absolute Gasteiger partial charge is 0.416 e. The van der Waals surface area contributed by atoms with E-state index >= 15 is 0 Å². The normalized spacial score (nSPS) is 11.9. The minimum atomic E-state index is -4.42. The Bertz CT molecular complexity index is 955. The van der Waals surface area contributed by atoms with Gasteiger partial charge in [-0.3, -0.25) is 4.79 Å². The van der Waals surface area contributed by atoms with Gasteiger partial charge in [0.2, 0.25) is 10.0 Å². The second-order valence-corrected chi connectivity index (χ2v) is 7.79. The van der Waals surface area contributed by atoms with Crippen LogP contribution in [0.5, 0.6) is 0 Å². The maximum Gasteiger partial charge on any atom is 0.416 e. The third-order valence-electron chi connectivity index (χ3n) is 3.86. The molecule has 0 aliphatic carbocycles. The van der Waals surface area contributed by atoms with E-state index in [0.29, 0.717) is 5.56 Å². The summed E-state index contributed by atoms with van der Waals surface area (Å²) in [6, 6.07) is 10.0. The highest BCUT2D eigenvalue weighted by atomic mass is 32.2. The fourth-order valence-corrected chi connectivity index (χ4v) is 3.46. The Labute approximate surface area is 161 Å². The lowest BCUT2D eigenvalue weighted by Gasteiger charge is -2.18. The van der Waals surface area contributed by atoms with Gasteiger partial charge in [0.25, 0.3) is 5.91 Å². The summed E-state index contributed by atoms with van der Waals surface area (Å²) < 4.78 is 64.5. The highest BCUT2D eigenvalue weighted by molar-refractivity contribution is 7.89. The van der Waals surface area contributed by atoms with Gasteiger partial charge in [0.15, 0.2) is 0 Å². The summed E-state index contributed by atoms with van der Waals surface area (Å²) in [6.07, 6.45) is -3.03. The molecule has 9 heteroatoms. The van der Waals surface area contributed by atoms with Crippen molar-refractivity contribution in [1.29, 1.82) is 0 Å². The summed E-state index contributed by atoms with van der Waals surface area (Å²) in [4.78, 5) is 13.8. The Morgan fingerprint density at radius 2 is 1.82 bits per heavy atom. The number of carbonyl (C=O) groups excluding carboxylic acids is 1. The summed E-state index contributed by atoms with van der Waals surface area (Å²) >= 11 is 0. The first kappa shape index (κ1) is 21.6. The molecule has 5 nitrogen and oxygen atoms in total. The third-order valence-corrected chi connectivity index (χ3v) is 5.28. The fourth-order valence-electron chi connectivity index (χ4n) is 2.41. The van der Waals surface area contributed by atoms with Gasteiger partial charge < -0.3 is 4.90 Å². The van der Waals surface area contributed by atoms with Gasteiger partial charge in [0, 0.05) is 25.7 Å². The fraction of sp³-hybridized carbons (Fsp3) is 0.211. The molecule has 0 aromatic heterocycles. The smallest absolute Gasteiger partial charge is 0.337 e. The van der Waals surface area contributed by atoms with Crippen LogP contribution in [0, 0.1) is 0 Å². The first-order valence-electron chi connectivity index (χ1n) is 8.17. The molecular weight excluding hydrogens is 393 g/mol. The molecule has 28 heavy (non-hydrogen) atoms. The maximum atomic E-state index is 12.6. The minimum absolute atomic E-state index is 0.0499. The van der Waals surface area contributed by atoms with Crippen LogP contribution < -0.4 is 4.72 Å². The molecule has 0 atom stereocenters. The highest BCUT2D eigenvalue weighted by Gasteiger charge is 2.30. The quantitative estimate of drug-likeness (QED) is 0.709. The van der Waals surface area contributed by atoms with E-state index in [1.165, 1.54) is 54.4 Å². The zero-order valence-corrected chi connectivity index (χ0v) is 15.8. The van der Waals surface area contributed by atoms with Gasteiger partial charge in [-0.05, 0) is 35.9 Å². The maximum absolute atomic E-state index is 12.6. The predicted molar refractivity (Wildman–Crippen MR) is 99.1 cm³/mol. The Balaban J connectivity index is 2.15. The number of hydrogen-bond donors (Lipinski definition) is 1. The van der Waals surface area contributed by atoms with Crippen molar-refractivity contribution in [3.8, 4) is 0 Å². The van der Waals surface area contributed by atoms with Crippen molar-refractivity contribution in [2.75, 3.05) is 13.6 Å². The van der Waals surface area contributed by atoms with Gasteiger partial charge in [-0.15, -0.1) is 6.58 Å². The van der Waals surface area contributed by atoms with Crippen LogP contribution >= 0.6 is 0 Å². The number of hydrogen-bond acceptors (Lipinski definition) is 3. The van der Waals surface area contributed by atoms with E-state index in [0.717, 1.165) is 12.1 Å². The van der Waals surface area contributed by atoms with Gasteiger partial charge in [-0.1, -0.05) is 24.3 Å². The molecule has 1 amide bonds. The molecule has 0 unspecified atom stereocenters. The molecule has 2 aromatic rings. The Morgan fingerprint density at radius 3 is 2.39 bits per heavy atom. The van der Waals surface area contributed by atoms with E-state index < -0.39 is 27.7 Å². The molecule has 0 saturated heterocycles. The number of alkyl halides is 3. The van der Waals surface area contributed by atoms with E-state index in [-0.39, 0.29) is 23.5 Å². The van der Waals surface area contributed by atoms with Crippen molar-refractivity contribution in [3.63, 3.8) is 0 Å². The molecule has 0 radical (unpaired) electrons. The number of nitrogens with zero attached hydrogens (tertiary/aromatic N) is 1. The lowest BCUT2D eigenvalue weighted by Crippen LogP contribution is -2.27. The van der Waals surface area contributed by atoms with Crippen LogP contribution in [0.25, 0.3) is 0 Å². The number of benzene rings is 2. The summed E-state index contributed by atoms with van der Waals surface area (Å²) in [6.45, 7) is 3.56. The van der Waals surface area contributed by atoms with Crippen molar-refractivity contribution >= 4 is 15.9 Å². The zero-order valence-electron chi connectivity index (χ0n) is 15.0. The molecular formula is C19H19F3N2O3S. The van der Waals surface area contributed by atoms with Crippen molar-refractivity contribution in [1.82, 2.24) is 9.62 Å². The molecule has 2 aromatic carbocycles. The molecule has 2 rings (SSSR count). The Morgan fingerprint density at radius 1 is 1.18 bits per heavy atom. The van der Waals surface area contributed by atoms with E-state index in [1.54, 1.807) is 0 Å². The summed E-state index contributed by atoms with van der Waals surface area (Å²) in [5.74, 6) is -0.458. The standard InChI is InChI=1S/C19H19F3N2O3S/c1-3-11-23-28(26,27)17-6-4-5-15(12-17)18(25)24(2)13-14-7-9-16(10-8-14)19(20,21)22/h3-10,12,23H,1,11,13H2,2H3. The average Bonchev–Trinajstić information content (AvgIpc) is 2.65. The molecule has 0 saturated carbocycles. The van der Waals surface area contributed by atoms with Crippen molar-refractivity contribution in [2.24, 2.45) is 0 Å². The van der Waals surface area contributed by atoms with Crippen molar-refractivity contribution in [2.45, 2.75) is 17.6 Å². The number of carbonyl (C=O) groups is 1. The van der Waals surface area contributed by atoms with Crippen LogP contribution in [0.2, 0.25) is 0 Å². The van der Waals surface area contributed by atoms with E-state index in [4.69, 9.17) is 0 Å². The SMILES string of the molecule is C=CCNS(=O)(=O)c1cccc(C(=O)N(C)Cc2ccc(C(F)(F)F)cc2)c1. The second-order valence-electron chi connectivity index (χ2n) is 6.02. The Kier molecular flexibility index (Phi) is 6.63. The van der Waals surface area contributed by atoms with Crippen LogP contribution in [-0.2, 0) is 22.7 Å². The molecule has 0 bridgehead atoms. The zero-order chi connectivity index (χ0) is 20.9. The van der Waals surface area contributed by atoms with Gasteiger partial charge in [-0.25, -0.2) is 13.1 Å². The van der Waals surface area contributed by atoms with Crippen molar-refractivity contribution < 1.29 is 26.4 Å². The third kappa shape index (κ3) is 5.43. The number of halogens is 3. The molecule has 1 N–H and O–H groups in total. The van der Waals surface area contributed by atoms with Crippen LogP contribution in [0.3, 0.4) is 0 Å². The lowest BCUT2D eigenvalue weighted by atomic mass is 10.1. The summed E-state index contributed by atoms with van der Waals surface area (Å²) in [5, 5.41) is 0. The first-order valence-corrected chi connectivity index (χ1v) is 9.65. The second kappa shape index (κ2) is 8.57. The average molecular weight is 412 g/mol. The van der Waals surface area contributed by atoms with Crippen molar-refractivity contribution in [3.05, 3.63) is 77.9 Å². The topological polar surface area (TPSA) is 66.5 Å². The summed E-state index contributed by atoms with van der Waals surface area (Å²) in [5.41, 5.74) is -0.105. The first-order chi connectivity index (χ1) is 13.0. The highest BCUT2D eigenvalue weighted by Crippen LogP contribution is 2.29. The van der Waals surface area contributed by atoms with Crippen LogP contribution in [0.15, 0.2) is 66.1 Å². The van der Waals surface area contributed by atoms with Crippen LogP contribution in [0.4, 0.5) is 13.2 Å². The molecule has 0 spiro atoms. The van der Waals surface area contributed by atoms with E-state index in [2.05, 4.69) is 11.3 Å². The summed E-state index contributed by atoms with van der Waals surface area (Å²) in [7, 11) is -2.30. The van der Waals surface area contributed by atoms with Gasteiger partial charge in [0.05, 0.1) is 10.5 Å². The molecule has 0 heterocycles. The number of sulfonamides is 1.